The van der Waals surface area contributed by atoms with Gasteiger partial charge in [0.1, 0.15) is 6.04 Å². The second kappa shape index (κ2) is 4.99. The molecule has 1 aliphatic heterocycles. The van der Waals surface area contributed by atoms with Crippen molar-refractivity contribution in [3.05, 3.63) is 0 Å². The fraction of sp³-hybridized carbons (Fsp3) is 0.882. The highest BCUT2D eigenvalue weighted by Gasteiger charge is 2.47. The molecule has 2 bridgehead atoms. The van der Waals surface area contributed by atoms with Gasteiger partial charge in [-0.05, 0) is 62.7 Å². The quantitative estimate of drug-likeness (QED) is 0.863. The summed E-state index contributed by atoms with van der Waals surface area (Å²) in [6.45, 7) is 2.84. The fourth-order valence-electron chi connectivity index (χ4n) is 5.09. The lowest BCUT2D eigenvalue weighted by Gasteiger charge is -2.37. The van der Waals surface area contributed by atoms with E-state index in [0.717, 1.165) is 24.7 Å². The van der Waals surface area contributed by atoms with Crippen molar-refractivity contribution < 1.29 is 9.59 Å². The SMILES string of the molecule is CC(C1CC2CCC1C2)N1CCC(=O)NC(C2CC2)C1=O. The van der Waals surface area contributed by atoms with Gasteiger partial charge in [-0.15, -0.1) is 0 Å². The van der Waals surface area contributed by atoms with E-state index in [1.807, 2.05) is 4.90 Å². The number of carbonyl (C=O) groups is 2. The van der Waals surface area contributed by atoms with Crippen LogP contribution in [-0.2, 0) is 9.59 Å². The van der Waals surface area contributed by atoms with Gasteiger partial charge < -0.3 is 10.2 Å². The molecule has 1 saturated heterocycles. The van der Waals surface area contributed by atoms with Gasteiger partial charge in [0, 0.05) is 19.0 Å². The maximum absolute atomic E-state index is 12.9. The molecule has 4 nitrogen and oxygen atoms in total. The number of carbonyl (C=O) groups excluding carboxylic acids is 2. The van der Waals surface area contributed by atoms with E-state index in [0.29, 0.717) is 30.8 Å². The van der Waals surface area contributed by atoms with Crippen molar-refractivity contribution in [2.24, 2.45) is 23.7 Å². The number of hydrogen-bond donors (Lipinski definition) is 1. The van der Waals surface area contributed by atoms with Gasteiger partial charge in [0.05, 0.1) is 0 Å². The van der Waals surface area contributed by atoms with Crippen LogP contribution >= 0.6 is 0 Å². The maximum Gasteiger partial charge on any atom is 0.245 e. The molecule has 3 saturated carbocycles. The number of fused-ring (bicyclic) bond motifs is 2. The molecular weight excluding hydrogens is 264 g/mol. The van der Waals surface area contributed by atoms with Crippen molar-refractivity contribution in [3.8, 4) is 0 Å². The molecule has 1 heterocycles. The highest BCUT2D eigenvalue weighted by molar-refractivity contribution is 5.90. The van der Waals surface area contributed by atoms with Crippen molar-refractivity contribution in [1.29, 1.82) is 0 Å². The van der Waals surface area contributed by atoms with Crippen LogP contribution in [0.15, 0.2) is 0 Å². The average molecular weight is 290 g/mol. The standard InChI is InChI=1S/C17H26N2O2/c1-10(14-9-11-2-3-13(14)8-11)19-7-6-15(20)18-16(17(19)21)12-4-5-12/h10-14,16H,2-9H2,1H3,(H,18,20). The summed E-state index contributed by atoms with van der Waals surface area (Å²) in [5, 5.41) is 2.97. The van der Waals surface area contributed by atoms with Gasteiger partial charge in [0.2, 0.25) is 11.8 Å². The van der Waals surface area contributed by atoms with Crippen LogP contribution in [0.2, 0.25) is 0 Å². The van der Waals surface area contributed by atoms with E-state index >= 15 is 0 Å². The second-order valence-electron chi connectivity index (χ2n) is 7.74. The lowest BCUT2D eigenvalue weighted by atomic mass is 9.83. The van der Waals surface area contributed by atoms with E-state index in [1.165, 1.54) is 25.7 Å². The minimum atomic E-state index is -0.235. The largest absolute Gasteiger partial charge is 0.344 e. The monoisotopic (exact) mass is 290 g/mol. The van der Waals surface area contributed by atoms with Crippen LogP contribution in [0.1, 0.15) is 51.9 Å². The summed E-state index contributed by atoms with van der Waals surface area (Å²) in [5.41, 5.74) is 0. The molecule has 4 heteroatoms. The van der Waals surface area contributed by atoms with Gasteiger partial charge in [0.25, 0.3) is 0 Å². The van der Waals surface area contributed by atoms with E-state index in [-0.39, 0.29) is 17.9 Å². The maximum atomic E-state index is 12.9. The molecule has 2 amide bonds. The van der Waals surface area contributed by atoms with Gasteiger partial charge >= 0.3 is 0 Å². The zero-order valence-corrected chi connectivity index (χ0v) is 12.9. The van der Waals surface area contributed by atoms with Crippen molar-refractivity contribution >= 4 is 11.8 Å². The fourth-order valence-corrected chi connectivity index (χ4v) is 5.09. The third-order valence-electron chi connectivity index (χ3n) is 6.44. The number of amides is 2. The van der Waals surface area contributed by atoms with Gasteiger partial charge in [0.15, 0.2) is 0 Å². The van der Waals surface area contributed by atoms with E-state index in [4.69, 9.17) is 0 Å². The topological polar surface area (TPSA) is 49.4 Å². The molecule has 3 aliphatic carbocycles. The number of hydrogen-bond acceptors (Lipinski definition) is 2. The van der Waals surface area contributed by atoms with Gasteiger partial charge in [-0.1, -0.05) is 6.42 Å². The first-order chi connectivity index (χ1) is 10.1. The average Bonchev–Trinajstić information content (AvgIpc) is 3.12. The molecule has 5 atom stereocenters. The van der Waals surface area contributed by atoms with Crippen LogP contribution < -0.4 is 5.32 Å². The minimum Gasteiger partial charge on any atom is -0.344 e. The molecule has 0 aromatic rings. The Labute approximate surface area is 126 Å². The molecule has 4 aliphatic rings. The van der Waals surface area contributed by atoms with E-state index in [2.05, 4.69) is 12.2 Å². The van der Waals surface area contributed by atoms with Crippen molar-refractivity contribution in [3.63, 3.8) is 0 Å². The van der Waals surface area contributed by atoms with Crippen molar-refractivity contribution in [1.82, 2.24) is 10.2 Å². The van der Waals surface area contributed by atoms with Crippen LogP contribution in [0.5, 0.6) is 0 Å². The highest BCUT2D eigenvalue weighted by atomic mass is 16.2. The Morgan fingerprint density at radius 1 is 1.10 bits per heavy atom. The van der Waals surface area contributed by atoms with Crippen molar-refractivity contribution in [2.75, 3.05) is 6.54 Å². The smallest absolute Gasteiger partial charge is 0.245 e. The minimum absolute atomic E-state index is 0.0582. The van der Waals surface area contributed by atoms with Crippen molar-refractivity contribution in [2.45, 2.75) is 64.0 Å². The van der Waals surface area contributed by atoms with Gasteiger partial charge in [-0.3, -0.25) is 9.59 Å². The Bertz CT molecular complexity index is 460. The first kappa shape index (κ1) is 13.6. The summed E-state index contributed by atoms with van der Waals surface area (Å²) in [6.07, 6.45) is 8.07. The Morgan fingerprint density at radius 2 is 1.86 bits per heavy atom. The molecular formula is C17H26N2O2. The molecule has 116 valence electrons. The van der Waals surface area contributed by atoms with Gasteiger partial charge in [-0.2, -0.15) is 0 Å². The van der Waals surface area contributed by atoms with Crippen LogP contribution in [-0.4, -0.2) is 35.3 Å². The number of nitrogens with one attached hydrogen (secondary N) is 1. The third kappa shape index (κ3) is 2.36. The molecule has 0 aromatic carbocycles. The van der Waals surface area contributed by atoms with Crippen LogP contribution in [0.3, 0.4) is 0 Å². The Morgan fingerprint density at radius 3 is 2.48 bits per heavy atom. The highest BCUT2D eigenvalue weighted by Crippen LogP contribution is 2.50. The van der Waals surface area contributed by atoms with E-state index in [1.54, 1.807) is 0 Å². The Hall–Kier alpha value is -1.06. The summed E-state index contributed by atoms with van der Waals surface area (Å²) < 4.78 is 0. The number of nitrogens with zero attached hydrogens (tertiary/aromatic N) is 1. The molecule has 0 aromatic heterocycles. The third-order valence-corrected chi connectivity index (χ3v) is 6.44. The molecule has 4 fully saturated rings. The molecule has 4 rings (SSSR count). The molecule has 0 spiro atoms. The lowest BCUT2D eigenvalue weighted by Crippen LogP contribution is -2.51. The predicted molar refractivity (Wildman–Crippen MR) is 79.4 cm³/mol. The first-order valence-electron chi connectivity index (χ1n) is 8.73. The summed E-state index contributed by atoms with van der Waals surface area (Å²) in [7, 11) is 0. The van der Waals surface area contributed by atoms with Gasteiger partial charge in [-0.25, -0.2) is 0 Å². The normalized spacial score (nSPS) is 41.1. The summed E-state index contributed by atoms with van der Waals surface area (Å²) >= 11 is 0. The lowest BCUT2D eigenvalue weighted by molar-refractivity contribution is -0.137. The summed E-state index contributed by atoms with van der Waals surface area (Å²) in [6, 6.07) is 0.0720. The summed E-state index contributed by atoms with van der Waals surface area (Å²) in [4.78, 5) is 26.8. The molecule has 5 unspecified atom stereocenters. The zero-order chi connectivity index (χ0) is 14.6. The van der Waals surface area contributed by atoms with E-state index < -0.39 is 0 Å². The van der Waals surface area contributed by atoms with E-state index in [9.17, 15) is 9.59 Å². The van der Waals surface area contributed by atoms with Crippen LogP contribution in [0, 0.1) is 23.7 Å². The zero-order valence-electron chi connectivity index (χ0n) is 12.9. The number of rotatable bonds is 3. The molecule has 0 radical (unpaired) electrons. The van der Waals surface area contributed by atoms with Crippen LogP contribution in [0.4, 0.5) is 0 Å². The molecule has 21 heavy (non-hydrogen) atoms. The first-order valence-corrected chi connectivity index (χ1v) is 8.73. The predicted octanol–water partition coefficient (Wildman–Crippen LogP) is 1.94. The second-order valence-corrected chi connectivity index (χ2v) is 7.74. The Kier molecular flexibility index (Phi) is 3.23. The molecule has 1 N–H and O–H groups in total. The Balaban J connectivity index is 1.51. The summed E-state index contributed by atoms with van der Waals surface area (Å²) in [5.74, 6) is 3.05. The van der Waals surface area contributed by atoms with Crippen LogP contribution in [0.25, 0.3) is 0 Å².